The summed E-state index contributed by atoms with van der Waals surface area (Å²) in [7, 11) is 0. The number of nitrogens with zero attached hydrogens (tertiary/aromatic N) is 3. The van der Waals surface area contributed by atoms with Crippen LogP contribution in [0.2, 0.25) is 0 Å². The van der Waals surface area contributed by atoms with Crippen LogP contribution in [-0.2, 0) is 6.54 Å². The second-order valence-electron chi connectivity index (χ2n) is 7.52. The fraction of sp³-hybridized carbons (Fsp3) is 0.417. The lowest BCUT2D eigenvalue weighted by Crippen LogP contribution is -2.19. The molecule has 2 heterocycles. The number of benzene rings is 2. The number of hydrogen-bond donors (Lipinski definition) is 0. The monoisotopic (exact) mass is 407 g/mol. The second kappa shape index (κ2) is 9.30. The topological polar surface area (TPSA) is 60.6 Å². The van der Waals surface area contributed by atoms with Gasteiger partial charge in [0.05, 0.1) is 13.2 Å². The smallest absolute Gasteiger partial charge is 0.258 e. The maximum Gasteiger partial charge on any atom is 0.258 e. The first-order valence-electron chi connectivity index (χ1n) is 10.7. The lowest BCUT2D eigenvalue weighted by atomic mass is 10.0. The third kappa shape index (κ3) is 4.33. The zero-order chi connectivity index (χ0) is 20.9. The molecule has 1 aliphatic rings. The average molecular weight is 408 g/mol. The predicted octanol–water partition coefficient (Wildman–Crippen LogP) is 5.11. The molecule has 1 aliphatic heterocycles. The van der Waals surface area contributed by atoms with Gasteiger partial charge in [0.25, 0.3) is 5.89 Å². The molecule has 0 N–H and O–H groups in total. The number of ether oxygens (including phenoxy) is 2. The summed E-state index contributed by atoms with van der Waals surface area (Å²) in [5.41, 5.74) is 4.35. The van der Waals surface area contributed by atoms with E-state index in [0.717, 1.165) is 17.7 Å². The molecule has 1 aromatic heterocycles. The molecular weight excluding hydrogens is 378 g/mol. The number of aromatic nitrogens is 2. The molecule has 3 aromatic rings. The van der Waals surface area contributed by atoms with Crippen LogP contribution in [0.1, 0.15) is 37.8 Å². The van der Waals surface area contributed by atoms with Crippen LogP contribution in [0, 0.1) is 6.92 Å². The molecule has 0 spiro atoms. The molecule has 0 radical (unpaired) electrons. The Hall–Kier alpha value is -2.86. The van der Waals surface area contributed by atoms with Crippen molar-refractivity contribution in [2.24, 2.45) is 0 Å². The lowest BCUT2D eigenvalue weighted by Gasteiger charge is -2.17. The summed E-state index contributed by atoms with van der Waals surface area (Å²) in [6.07, 6.45) is 2.58. The van der Waals surface area contributed by atoms with E-state index in [-0.39, 0.29) is 0 Å². The first-order valence-corrected chi connectivity index (χ1v) is 10.7. The van der Waals surface area contributed by atoms with Gasteiger partial charge in [0.1, 0.15) is 0 Å². The Morgan fingerprint density at radius 3 is 2.53 bits per heavy atom. The summed E-state index contributed by atoms with van der Waals surface area (Å²) >= 11 is 0. The van der Waals surface area contributed by atoms with Gasteiger partial charge < -0.3 is 14.0 Å². The van der Waals surface area contributed by atoms with E-state index in [1.54, 1.807) is 0 Å². The molecule has 0 unspecified atom stereocenters. The molecule has 158 valence electrons. The van der Waals surface area contributed by atoms with Gasteiger partial charge in [-0.25, -0.2) is 0 Å². The van der Waals surface area contributed by atoms with Crippen LogP contribution >= 0.6 is 0 Å². The van der Waals surface area contributed by atoms with Gasteiger partial charge in [0.2, 0.25) is 5.82 Å². The molecular formula is C24H29N3O3. The van der Waals surface area contributed by atoms with E-state index in [2.05, 4.69) is 40.2 Å². The van der Waals surface area contributed by atoms with E-state index in [0.29, 0.717) is 36.4 Å². The van der Waals surface area contributed by atoms with Crippen molar-refractivity contribution in [1.82, 2.24) is 15.0 Å². The number of hydrogen-bond acceptors (Lipinski definition) is 6. The van der Waals surface area contributed by atoms with Gasteiger partial charge in [-0.2, -0.15) is 4.98 Å². The predicted molar refractivity (Wildman–Crippen MR) is 117 cm³/mol. The largest absolute Gasteiger partial charge is 0.490 e. The maximum atomic E-state index is 5.72. The summed E-state index contributed by atoms with van der Waals surface area (Å²) in [5, 5.41) is 4.26. The van der Waals surface area contributed by atoms with Crippen LogP contribution in [0.15, 0.2) is 40.9 Å². The van der Waals surface area contributed by atoms with Crippen molar-refractivity contribution in [3.8, 4) is 34.3 Å². The van der Waals surface area contributed by atoms with E-state index >= 15 is 0 Å². The average Bonchev–Trinajstić information content (AvgIpc) is 3.43. The van der Waals surface area contributed by atoms with Crippen LogP contribution < -0.4 is 9.47 Å². The highest BCUT2D eigenvalue weighted by Crippen LogP contribution is 2.33. The van der Waals surface area contributed by atoms with Gasteiger partial charge in [0, 0.05) is 17.7 Å². The molecule has 0 aliphatic carbocycles. The highest BCUT2D eigenvalue weighted by Gasteiger charge is 2.18. The number of likely N-dealkylation sites (tertiary alicyclic amines) is 1. The molecule has 6 nitrogen and oxygen atoms in total. The molecule has 4 rings (SSSR count). The number of rotatable bonds is 8. The first kappa shape index (κ1) is 20.4. The second-order valence-corrected chi connectivity index (χ2v) is 7.52. The minimum absolute atomic E-state index is 0.471. The Morgan fingerprint density at radius 2 is 1.77 bits per heavy atom. The van der Waals surface area contributed by atoms with Crippen molar-refractivity contribution in [3.63, 3.8) is 0 Å². The van der Waals surface area contributed by atoms with E-state index in [4.69, 9.17) is 14.0 Å². The molecule has 0 bridgehead atoms. The Bertz CT molecular complexity index is 993. The summed E-state index contributed by atoms with van der Waals surface area (Å²) < 4.78 is 17.0. The Morgan fingerprint density at radius 1 is 1.00 bits per heavy atom. The van der Waals surface area contributed by atoms with Gasteiger partial charge in [-0.15, -0.1) is 0 Å². The minimum atomic E-state index is 0.471. The molecule has 0 saturated carbocycles. The van der Waals surface area contributed by atoms with Crippen molar-refractivity contribution in [3.05, 3.63) is 47.5 Å². The third-order valence-corrected chi connectivity index (χ3v) is 5.50. The van der Waals surface area contributed by atoms with E-state index < -0.39 is 0 Å². The van der Waals surface area contributed by atoms with Gasteiger partial charge in [-0.05, 0) is 76.0 Å². The Kier molecular flexibility index (Phi) is 6.33. The Labute approximate surface area is 177 Å². The Balaban J connectivity index is 1.61. The van der Waals surface area contributed by atoms with Crippen LogP contribution in [0.3, 0.4) is 0 Å². The lowest BCUT2D eigenvalue weighted by molar-refractivity contribution is 0.288. The van der Waals surface area contributed by atoms with E-state index in [9.17, 15) is 0 Å². The molecule has 1 saturated heterocycles. The van der Waals surface area contributed by atoms with Crippen LogP contribution in [0.25, 0.3) is 22.8 Å². The fourth-order valence-electron chi connectivity index (χ4n) is 3.91. The molecule has 2 aromatic carbocycles. The maximum absolute atomic E-state index is 5.72. The highest BCUT2D eigenvalue weighted by molar-refractivity contribution is 5.65. The van der Waals surface area contributed by atoms with Crippen molar-refractivity contribution in [2.45, 2.75) is 40.2 Å². The summed E-state index contributed by atoms with van der Waals surface area (Å²) in [4.78, 5) is 7.18. The van der Waals surface area contributed by atoms with Gasteiger partial charge in [-0.1, -0.05) is 23.4 Å². The zero-order valence-corrected chi connectivity index (χ0v) is 18.0. The van der Waals surface area contributed by atoms with Crippen molar-refractivity contribution < 1.29 is 14.0 Å². The van der Waals surface area contributed by atoms with Gasteiger partial charge in [0.15, 0.2) is 11.5 Å². The first-order chi connectivity index (χ1) is 14.7. The molecule has 0 atom stereocenters. The van der Waals surface area contributed by atoms with E-state index in [1.807, 2.05) is 32.0 Å². The van der Waals surface area contributed by atoms with Crippen molar-refractivity contribution >= 4 is 0 Å². The fourth-order valence-corrected chi connectivity index (χ4v) is 3.91. The SMILES string of the molecule is CCOc1ccc(-c2nc(-c3cccc(CN4CCCC4)c3C)no2)cc1OCC. The van der Waals surface area contributed by atoms with Crippen molar-refractivity contribution in [2.75, 3.05) is 26.3 Å². The van der Waals surface area contributed by atoms with Gasteiger partial charge in [-0.3, -0.25) is 4.90 Å². The summed E-state index contributed by atoms with van der Waals surface area (Å²) in [5.74, 6) is 2.48. The molecule has 6 heteroatoms. The normalized spacial score (nSPS) is 14.2. The zero-order valence-electron chi connectivity index (χ0n) is 18.0. The quantitative estimate of drug-likeness (QED) is 0.517. The molecule has 0 amide bonds. The molecule has 30 heavy (non-hydrogen) atoms. The van der Waals surface area contributed by atoms with Crippen LogP contribution in [0.5, 0.6) is 11.5 Å². The molecule has 1 fully saturated rings. The third-order valence-electron chi connectivity index (χ3n) is 5.50. The standard InChI is InChI=1S/C24H29N3O3/c1-4-28-21-12-11-18(15-22(21)29-5-2)24-25-23(26-30-24)20-10-8-9-19(17(20)3)16-27-13-6-7-14-27/h8-12,15H,4-7,13-14,16H2,1-3H3. The van der Waals surface area contributed by atoms with Gasteiger partial charge >= 0.3 is 0 Å². The summed E-state index contributed by atoms with van der Waals surface area (Å²) in [6, 6.07) is 12.0. The van der Waals surface area contributed by atoms with E-state index in [1.165, 1.54) is 37.1 Å². The van der Waals surface area contributed by atoms with Crippen LogP contribution in [-0.4, -0.2) is 41.3 Å². The highest BCUT2D eigenvalue weighted by atomic mass is 16.5. The van der Waals surface area contributed by atoms with Crippen molar-refractivity contribution in [1.29, 1.82) is 0 Å². The summed E-state index contributed by atoms with van der Waals surface area (Å²) in [6.45, 7) is 10.5. The minimum Gasteiger partial charge on any atom is -0.490 e. The van der Waals surface area contributed by atoms with Crippen LogP contribution in [0.4, 0.5) is 0 Å².